The van der Waals surface area contributed by atoms with Crippen LogP contribution in [0.3, 0.4) is 0 Å². The van der Waals surface area contributed by atoms with Crippen LogP contribution in [-0.4, -0.2) is 47.6 Å². The zero-order chi connectivity index (χ0) is 17.6. The number of β-amino-alcohol motifs (C(OH)–C–C–N with tert-alkyl or cyclic N) is 1. The summed E-state index contributed by atoms with van der Waals surface area (Å²) in [5.74, 6) is -0.0547. The Labute approximate surface area is 148 Å². The summed E-state index contributed by atoms with van der Waals surface area (Å²) in [6.45, 7) is 0.967. The summed E-state index contributed by atoms with van der Waals surface area (Å²) in [7, 11) is 1.58. The van der Waals surface area contributed by atoms with E-state index in [2.05, 4.69) is 5.32 Å². The van der Waals surface area contributed by atoms with Gasteiger partial charge in [-0.25, -0.2) is 0 Å². The summed E-state index contributed by atoms with van der Waals surface area (Å²) in [6.07, 6.45) is 3.07. The van der Waals surface area contributed by atoms with Gasteiger partial charge < -0.3 is 15.3 Å². The number of aliphatic hydroxyl groups is 1. The van der Waals surface area contributed by atoms with Crippen molar-refractivity contribution in [2.75, 3.05) is 20.1 Å². The Morgan fingerprint density at radius 3 is 2.88 bits per heavy atom. The molecular weight excluding hydrogens is 328 g/mol. The summed E-state index contributed by atoms with van der Waals surface area (Å²) in [4.78, 5) is 25.5. The quantitative estimate of drug-likeness (QED) is 0.824. The number of carbonyl (C=O) groups is 2. The van der Waals surface area contributed by atoms with Crippen molar-refractivity contribution in [1.82, 2.24) is 10.2 Å². The Bertz CT molecular complexity index is 593. The third-order valence-corrected chi connectivity index (χ3v) is 4.76. The lowest BCUT2D eigenvalue weighted by Gasteiger charge is -2.39. The van der Waals surface area contributed by atoms with Crippen molar-refractivity contribution in [3.8, 4) is 0 Å². The zero-order valence-electron chi connectivity index (χ0n) is 14.1. The lowest BCUT2D eigenvalue weighted by molar-refractivity contribution is -0.139. The van der Waals surface area contributed by atoms with Crippen LogP contribution in [0.2, 0.25) is 5.02 Å². The summed E-state index contributed by atoms with van der Waals surface area (Å²) in [5.41, 5.74) is 0.0685. The van der Waals surface area contributed by atoms with E-state index in [0.29, 0.717) is 43.8 Å². The van der Waals surface area contributed by atoms with Crippen molar-refractivity contribution >= 4 is 23.4 Å². The zero-order valence-corrected chi connectivity index (χ0v) is 14.8. The lowest BCUT2D eigenvalue weighted by atomic mass is 9.88. The number of aryl methyl sites for hydroxylation is 1. The van der Waals surface area contributed by atoms with Crippen LogP contribution >= 0.6 is 11.6 Å². The number of likely N-dealkylation sites (tertiary alicyclic amines) is 1. The van der Waals surface area contributed by atoms with Crippen molar-refractivity contribution in [3.63, 3.8) is 0 Å². The van der Waals surface area contributed by atoms with Gasteiger partial charge in [-0.1, -0.05) is 23.7 Å². The summed E-state index contributed by atoms with van der Waals surface area (Å²) in [5, 5.41) is 13.9. The number of halogens is 1. The van der Waals surface area contributed by atoms with Crippen molar-refractivity contribution in [2.45, 2.75) is 44.1 Å². The molecule has 0 aromatic heterocycles. The van der Waals surface area contributed by atoms with Crippen molar-refractivity contribution in [1.29, 1.82) is 0 Å². The Kier molecular flexibility index (Phi) is 6.63. The third kappa shape index (κ3) is 5.49. The SMILES string of the molecule is CNC(=O)CC[C@@]1(O)CCCN(C(=O)CCc2cccc(Cl)c2)C1. The van der Waals surface area contributed by atoms with Gasteiger partial charge in [0, 0.05) is 38.0 Å². The van der Waals surface area contributed by atoms with E-state index in [4.69, 9.17) is 11.6 Å². The molecule has 132 valence electrons. The fourth-order valence-corrected chi connectivity index (χ4v) is 3.32. The highest BCUT2D eigenvalue weighted by Crippen LogP contribution is 2.26. The van der Waals surface area contributed by atoms with Crippen LogP contribution in [0.5, 0.6) is 0 Å². The average Bonchev–Trinajstić information content (AvgIpc) is 2.57. The van der Waals surface area contributed by atoms with Crippen molar-refractivity contribution < 1.29 is 14.7 Å². The molecule has 2 N–H and O–H groups in total. The number of rotatable bonds is 6. The van der Waals surface area contributed by atoms with Gasteiger partial charge in [-0.2, -0.15) is 0 Å². The molecule has 1 fully saturated rings. The number of piperidine rings is 1. The molecule has 0 radical (unpaired) electrons. The molecule has 1 heterocycles. The third-order valence-electron chi connectivity index (χ3n) is 4.52. The lowest BCUT2D eigenvalue weighted by Crippen LogP contribution is -2.50. The molecular formula is C18H25ClN2O3. The number of hydrogen-bond donors (Lipinski definition) is 2. The van der Waals surface area contributed by atoms with Crippen LogP contribution in [0, 0.1) is 0 Å². The van der Waals surface area contributed by atoms with Crippen LogP contribution < -0.4 is 5.32 Å². The van der Waals surface area contributed by atoms with Crippen molar-refractivity contribution in [3.05, 3.63) is 34.9 Å². The predicted molar refractivity (Wildman–Crippen MR) is 93.8 cm³/mol. The van der Waals surface area contributed by atoms with Gasteiger partial charge in [0.25, 0.3) is 0 Å². The molecule has 6 heteroatoms. The first-order valence-electron chi connectivity index (χ1n) is 8.37. The second kappa shape index (κ2) is 8.49. The molecule has 1 atom stereocenters. The fourth-order valence-electron chi connectivity index (χ4n) is 3.10. The molecule has 2 amide bonds. The Morgan fingerprint density at radius 1 is 1.38 bits per heavy atom. The second-order valence-corrected chi connectivity index (χ2v) is 6.88. The van der Waals surface area contributed by atoms with E-state index in [1.54, 1.807) is 11.9 Å². The first kappa shape index (κ1) is 18.7. The molecule has 0 unspecified atom stereocenters. The Hall–Kier alpha value is -1.59. The largest absolute Gasteiger partial charge is 0.388 e. The van der Waals surface area contributed by atoms with Gasteiger partial charge >= 0.3 is 0 Å². The van der Waals surface area contributed by atoms with Gasteiger partial charge in [0.05, 0.1) is 5.60 Å². The molecule has 0 bridgehead atoms. The van der Waals surface area contributed by atoms with Crippen LogP contribution in [0.15, 0.2) is 24.3 Å². The molecule has 1 aliphatic rings. The maximum Gasteiger partial charge on any atom is 0.222 e. The average molecular weight is 353 g/mol. The van der Waals surface area contributed by atoms with Gasteiger partial charge in [0.15, 0.2) is 0 Å². The first-order valence-corrected chi connectivity index (χ1v) is 8.75. The monoisotopic (exact) mass is 352 g/mol. The highest BCUT2D eigenvalue weighted by Gasteiger charge is 2.35. The van der Waals surface area contributed by atoms with Gasteiger partial charge in [-0.3, -0.25) is 9.59 Å². The summed E-state index contributed by atoms with van der Waals surface area (Å²) >= 11 is 5.96. The van der Waals surface area contributed by atoms with E-state index in [1.807, 2.05) is 24.3 Å². The fraction of sp³-hybridized carbons (Fsp3) is 0.556. The standard InChI is InChI=1S/C18H25ClN2O3/c1-20-16(22)8-10-18(24)9-3-11-21(13-18)17(23)7-6-14-4-2-5-15(19)12-14/h2,4-5,12,24H,3,6-11,13H2,1H3,(H,20,22)/t18-/m0/s1. The van der Waals surface area contributed by atoms with Crippen LogP contribution in [0.4, 0.5) is 0 Å². The van der Waals surface area contributed by atoms with Crippen molar-refractivity contribution in [2.24, 2.45) is 0 Å². The highest BCUT2D eigenvalue weighted by atomic mass is 35.5. The summed E-state index contributed by atoms with van der Waals surface area (Å²) in [6, 6.07) is 7.50. The molecule has 1 aromatic rings. The van der Waals surface area contributed by atoms with Crippen LogP contribution in [0.1, 0.15) is 37.7 Å². The van der Waals surface area contributed by atoms with E-state index in [-0.39, 0.29) is 18.2 Å². The minimum absolute atomic E-state index is 0.0352. The predicted octanol–water partition coefficient (Wildman–Crippen LogP) is 2.15. The summed E-state index contributed by atoms with van der Waals surface area (Å²) < 4.78 is 0. The van der Waals surface area contributed by atoms with Gasteiger partial charge in [0.1, 0.15) is 0 Å². The molecule has 1 aliphatic heterocycles. The number of hydrogen-bond acceptors (Lipinski definition) is 3. The molecule has 1 saturated heterocycles. The molecule has 1 aromatic carbocycles. The molecule has 2 rings (SSSR count). The van der Waals surface area contributed by atoms with Gasteiger partial charge in [-0.15, -0.1) is 0 Å². The Balaban J connectivity index is 1.86. The molecule has 0 spiro atoms. The van der Waals surface area contributed by atoms with Gasteiger partial charge in [0.2, 0.25) is 11.8 Å². The number of amides is 2. The smallest absolute Gasteiger partial charge is 0.222 e. The normalized spacial score (nSPS) is 20.7. The second-order valence-electron chi connectivity index (χ2n) is 6.45. The first-order chi connectivity index (χ1) is 11.4. The maximum absolute atomic E-state index is 12.4. The number of nitrogens with one attached hydrogen (secondary N) is 1. The number of benzene rings is 1. The number of carbonyl (C=O) groups excluding carboxylic acids is 2. The van der Waals surface area contributed by atoms with E-state index in [9.17, 15) is 14.7 Å². The number of nitrogens with zero attached hydrogens (tertiary/aromatic N) is 1. The van der Waals surface area contributed by atoms with E-state index >= 15 is 0 Å². The maximum atomic E-state index is 12.4. The van der Waals surface area contributed by atoms with E-state index in [0.717, 1.165) is 12.0 Å². The van der Waals surface area contributed by atoms with Gasteiger partial charge in [-0.05, 0) is 43.4 Å². The molecule has 5 nitrogen and oxygen atoms in total. The van der Waals surface area contributed by atoms with Crippen LogP contribution in [-0.2, 0) is 16.0 Å². The topological polar surface area (TPSA) is 69.6 Å². The molecule has 0 aliphatic carbocycles. The minimum atomic E-state index is -0.962. The van der Waals surface area contributed by atoms with E-state index < -0.39 is 5.60 Å². The molecule has 24 heavy (non-hydrogen) atoms. The van der Waals surface area contributed by atoms with E-state index in [1.165, 1.54) is 0 Å². The molecule has 0 saturated carbocycles. The Morgan fingerprint density at radius 2 is 2.17 bits per heavy atom. The minimum Gasteiger partial charge on any atom is -0.388 e. The van der Waals surface area contributed by atoms with Crippen LogP contribution in [0.25, 0.3) is 0 Å². The highest BCUT2D eigenvalue weighted by molar-refractivity contribution is 6.30.